The first-order valence-electron chi connectivity index (χ1n) is 7.85. The molecular weight excluding hydrogens is 374 g/mol. The van der Waals surface area contributed by atoms with Gasteiger partial charge in [-0.05, 0) is 48.4 Å². The minimum Gasteiger partial charge on any atom is -0.494 e. The van der Waals surface area contributed by atoms with Gasteiger partial charge in [0.05, 0.1) is 17.2 Å². The van der Waals surface area contributed by atoms with Crippen molar-refractivity contribution in [1.82, 2.24) is 0 Å². The Balaban J connectivity index is 1.80. The predicted molar refractivity (Wildman–Crippen MR) is 109 cm³/mol. The zero-order valence-electron chi connectivity index (χ0n) is 13.6. The lowest BCUT2D eigenvalue weighted by Gasteiger charge is -2.14. The molecule has 2 aromatic rings. The fourth-order valence-electron chi connectivity index (χ4n) is 2.34. The van der Waals surface area contributed by atoms with Crippen LogP contribution in [0.25, 0.3) is 6.08 Å². The van der Waals surface area contributed by atoms with Crippen LogP contribution < -0.4 is 9.64 Å². The maximum absolute atomic E-state index is 12.7. The minimum atomic E-state index is -0.136. The molecule has 128 valence electrons. The van der Waals surface area contributed by atoms with Crippen molar-refractivity contribution in [2.45, 2.75) is 13.3 Å². The maximum atomic E-state index is 12.7. The van der Waals surface area contributed by atoms with Crippen molar-refractivity contribution in [3.05, 3.63) is 64.0 Å². The van der Waals surface area contributed by atoms with Crippen LogP contribution in [0.3, 0.4) is 0 Å². The summed E-state index contributed by atoms with van der Waals surface area (Å²) < 4.78 is 6.07. The van der Waals surface area contributed by atoms with E-state index in [2.05, 4.69) is 6.92 Å². The molecule has 0 bridgehead atoms. The lowest BCUT2D eigenvalue weighted by atomic mass is 10.2. The topological polar surface area (TPSA) is 29.5 Å². The number of amides is 1. The lowest BCUT2D eigenvalue weighted by molar-refractivity contribution is -0.113. The van der Waals surface area contributed by atoms with Gasteiger partial charge in [-0.3, -0.25) is 9.69 Å². The van der Waals surface area contributed by atoms with E-state index in [1.807, 2.05) is 36.4 Å². The smallest absolute Gasteiger partial charge is 0.270 e. The fourth-order valence-corrected chi connectivity index (χ4v) is 3.82. The Hall–Kier alpha value is -1.82. The van der Waals surface area contributed by atoms with Crippen molar-refractivity contribution >= 4 is 57.6 Å². The second-order valence-corrected chi connectivity index (χ2v) is 7.53. The first-order valence-corrected chi connectivity index (χ1v) is 9.45. The molecule has 3 rings (SSSR count). The number of ether oxygens (including phenoxy) is 1. The third kappa shape index (κ3) is 4.24. The molecule has 0 spiro atoms. The third-order valence-electron chi connectivity index (χ3n) is 3.51. The SMILES string of the molecule is CCCOc1ccc(C=C2SC(=S)N(c3cccc(Cl)c3)C2=O)cc1. The maximum Gasteiger partial charge on any atom is 0.270 e. The van der Waals surface area contributed by atoms with E-state index < -0.39 is 0 Å². The number of anilines is 1. The summed E-state index contributed by atoms with van der Waals surface area (Å²) in [5.41, 5.74) is 1.61. The number of thiocarbonyl (C=S) groups is 1. The molecule has 0 unspecified atom stereocenters. The molecule has 1 amide bonds. The highest BCUT2D eigenvalue weighted by molar-refractivity contribution is 8.27. The van der Waals surface area contributed by atoms with E-state index in [1.165, 1.54) is 16.7 Å². The summed E-state index contributed by atoms with van der Waals surface area (Å²) in [7, 11) is 0. The van der Waals surface area contributed by atoms with Gasteiger partial charge >= 0.3 is 0 Å². The Kier molecular flexibility index (Phi) is 5.78. The van der Waals surface area contributed by atoms with Gasteiger partial charge in [-0.2, -0.15) is 0 Å². The summed E-state index contributed by atoms with van der Waals surface area (Å²) in [6.45, 7) is 2.76. The highest BCUT2D eigenvalue weighted by atomic mass is 35.5. The molecule has 0 radical (unpaired) electrons. The first-order chi connectivity index (χ1) is 12.1. The van der Waals surface area contributed by atoms with Crippen molar-refractivity contribution in [2.75, 3.05) is 11.5 Å². The number of rotatable bonds is 5. The van der Waals surface area contributed by atoms with Crippen molar-refractivity contribution < 1.29 is 9.53 Å². The molecule has 0 saturated carbocycles. The molecule has 1 saturated heterocycles. The van der Waals surface area contributed by atoms with Crippen molar-refractivity contribution in [3.63, 3.8) is 0 Å². The van der Waals surface area contributed by atoms with E-state index in [9.17, 15) is 4.79 Å². The van der Waals surface area contributed by atoms with Gasteiger partial charge in [-0.25, -0.2) is 0 Å². The van der Waals surface area contributed by atoms with Gasteiger partial charge in [-0.15, -0.1) is 0 Å². The molecule has 2 aromatic carbocycles. The van der Waals surface area contributed by atoms with Crippen LogP contribution in [0.15, 0.2) is 53.4 Å². The van der Waals surface area contributed by atoms with E-state index in [1.54, 1.807) is 18.2 Å². The molecule has 0 aromatic heterocycles. The van der Waals surface area contributed by atoms with E-state index in [0.717, 1.165) is 17.7 Å². The number of carbonyl (C=O) groups excluding carboxylic acids is 1. The van der Waals surface area contributed by atoms with Crippen LogP contribution >= 0.6 is 35.6 Å². The number of carbonyl (C=O) groups is 1. The molecular formula is C19H16ClNO2S2. The van der Waals surface area contributed by atoms with Crippen molar-refractivity contribution in [2.24, 2.45) is 0 Å². The fraction of sp³-hybridized carbons (Fsp3) is 0.158. The average Bonchev–Trinajstić information content (AvgIpc) is 2.88. The summed E-state index contributed by atoms with van der Waals surface area (Å²) in [5, 5.41) is 0.568. The average molecular weight is 390 g/mol. The Morgan fingerprint density at radius 2 is 2.00 bits per heavy atom. The number of halogens is 1. The summed E-state index contributed by atoms with van der Waals surface area (Å²) in [6, 6.07) is 14.8. The predicted octanol–water partition coefficient (Wildman–Crippen LogP) is 5.53. The van der Waals surface area contributed by atoms with Crippen LogP contribution in [0.5, 0.6) is 5.75 Å². The Morgan fingerprint density at radius 3 is 2.68 bits per heavy atom. The number of hydrogen-bond acceptors (Lipinski definition) is 4. The third-order valence-corrected chi connectivity index (χ3v) is 5.05. The first kappa shape index (κ1) is 18.0. The van der Waals surface area contributed by atoms with Gasteiger partial charge < -0.3 is 4.74 Å². The number of nitrogens with zero attached hydrogens (tertiary/aromatic N) is 1. The van der Waals surface area contributed by atoms with Crippen LogP contribution in [0, 0.1) is 0 Å². The van der Waals surface area contributed by atoms with Gasteiger partial charge in [0.25, 0.3) is 5.91 Å². The number of thioether (sulfide) groups is 1. The zero-order valence-corrected chi connectivity index (χ0v) is 16.0. The highest BCUT2D eigenvalue weighted by Crippen LogP contribution is 2.36. The van der Waals surface area contributed by atoms with Gasteiger partial charge in [0.15, 0.2) is 4.32 Å². The summed E-state index contributed by atoms with van der Waals surface area (Å²) in [5.74, 6) is 0.689. The normalized spacial score (nSPS) is 15.9. The Morgan fingerprint density at radius 1 is 1.24 bits per heavy atom. The lowest BCUT2D eigenvalue weighted by Crippen LogP contribution is -2.27. The monoisotopic (exact) mass is 389 g/mol. The van der Waals surface area contributed by atoms with E-state index in [0.29, 0.717) is 26.5 Å². The van der Waals surface area contributed by atoms with Gasteiger partial charge in [0, 0.05) is 5.02 Å². The number of hydrogen-bond donors (Lipinski definition) is 0. The highest BCUT2D eigenvalue weighted by Gasteiger charge is 2.33. The van der Waals surface area contributed by atoms with E-state index in [-0.39, 0.29) is 5.91 Å². The van der Waals surface area contributed by atoms with Crippen molar-refractivity contribution in [3.8, 4) is 5.75 Å². The van der Waals surface area contributed by atoms with Gasteiger partial charge in [0.1, 0.15) is 5.75 Å². The molecule has 6 heteroatoms. The molecule has 1 aliphatic heterocycles. The van der Waals surface area contributed by atoms with Crippen LogP contribution in [0.1, 0.15) is 18.9 Å². The Bertz CT molecular complexity index is 834. The van der Waals surface area contributed by atoms with Crippen LogP contribution in [0.4, 0.5) is 5.69 Å². The largest absolute Gasteiger partial charge is 0.494 e. The number of benzene rings is 2. The molecule has 1 fully saturated rings. The van der Waals surface area contributed by atoms with Crippen LogP contribution in [0.2, 0.25) is 5.02 Å². The Labute approximate surface area is 161 Å². The molecule has 0 N–H and O–H groups in total. The second kappa shape index (κ2) is 8.04. The molecule has 1 heterocycles. The summed E-state index contributed by atoms with van der Waals surface area (Å²) >= 11 is 12.7. The quantitative estimate of drug-likeness (QED) is 0.496. The molecule has 0 aliphatic carbocycles. The van der Waals surface area contributed by atoms with Crippen molar-refractivity contribution in [1.29, 1.82) is 0 Å². The minimum absolute atomic E-state index is 0.136. The van der Waals surface area contributed by atoms with E-state index >= 15 is 0 Å². The standard InChI is InChI=1S/C19H16ClNO2S2/c1-2-10-23-16-8-6-13(7-9-16)11-17-18(22)21(19(24)25-17)15-5-3-4-14(20)12-15/h3-9,11-12H,2,10H2,1H3. The summed E-state index contributed by atoms with van der Waals surface area (Å²) in [6.07, 6.45) is 2.81. The molecule has 0 atom stereocenters. The van der Waals surface area contributed by atoms with Gasteiger partial charge in [-0.1, -0.05) is 60.7 Å². The molecule has 25 heavy (non-hydrogen) atoms. The van der Waals surface area contributed by atoms with Crippen LogP contribution in [-0.4, -0.2) is 16.8 Å². The zero-order chi connectivity index (χ0) is 17.8. The molecule has 1 aliphatic rings. The van der Waals surface area contributed by atoms with Gasteiger partial charge in [0.2, 0.25) is 0 Å². The van der Waals surface area contributed by atoms with Crippen LogP contribution in [-0.2, 0) is 4.79 Å². The summed E-state index contributed by atoms with van der Waals surface area (Å²) in [4.78, 5) is 14.8. The second-order valence-electron chi connectivity index (χ2n) is 5.41. The van der Waals surface area contributed by atoms with E-state index in [4.69, 9.17) is 28.6 Å². The molecule has 3 nitrogen and oxygen atoms in total.